The smallest absolute Gasteiger partial charge is 0.421 e. The molecule has 0 aliphatic rings. The molecule has 2 amide bonds. The number of rotatable bonds is 48. The Morgan fingerprint density at radius 3 is 1.01 bits per heavy atom. The van der Waals surface area contributed by atoms with Crippen LogP contribution in [0.4, 0.5) is 0 Å². The standard InChI is InChI=1S/C66H88N10O26/c1-13-25-65(43-67,49-19-23-51(89-7)55(41-49)93-11)27-15-29-69(5)45(3)47-17-21-53(91-9)57(39-47)99-63(59(77)71(31-35-95-73(81)82)32-36-96-74(83)84)101-61(79)62(80)102-64(60(78)72(33-37-97-75(85)86)34-38-98-76(87)88)100-58-40-48(18-22-54(58)92-10)46(4)70(6)30-16-28-66(44-68,26-14-2)50-20-24-52(90-8)56(42-50)94-12/h17-24,39-42,45-46,63-64H,13-16,25-38H2,1-12H3. The summed E-state index contributed by atoms with van der Waals surface area (Å²) in [6.07, 6.45) is -0.965. The van der Waals surface area contributed by atoms with Crippen molar-refractivity contribution in [2.24, 2.45) is 0 Å². The third-order valence-electron chi connectivity index (χ3n) is 16.9. The minimum Gasteiger partial charge on any atom is -0.493 e. The molecule has 0 aliphatic carbocycles. The molecule has 0 saturated heterocycles. The van der Waals surface area contributed by atoms with Crippen molar-refractivity contribution >= 4 is 23.8 Å². The van der Waals surface area contributed by atoms with E-state index in [9.17, 15) is 70.2 Å². The van der Waals surface area contributed by atoms with Crippen molar-refractivity contribution in [1.82, 2.24) is 19.6 Å². The van der Waals surface area contributed by atoms with Crippen LogP contribution in [-0.4, -0.2) is 199 Å². The van der Waals surface area contributed by atoms with Gasteiger partial charge in [-0.25, -0.2) is 9.59 Å². The van der Waals surface area contributed by atoms with Crippen molar-refractivity contribution in [1.29, 1.82) is 10.5 Å². The van der Waals surface area contributed by atoms with Crippen LogP contribution in [0.3, 0.4) is 0 Å². The number of benzene rings is 4. The van der Waals surface area contributed by atoms with Crippen LogP contribution in [0.1, 0.15) is 113 Å². The minimum atomic E-state index is -2.64. The molecule has 4 rings (SSSR count). The van der Waals surface area contributed by atoms with E-state index in [2.05, 4.69) is 31.5 Å². The molecular weight excluding hydrogens is 1350 g/mol. The molecule has 558 valence electrons. The maximum absolute atomic E-state index is 14.7. The molecule has 0 fully saturated rings. The molecule has 0 radical (unpaired) electrons. The van der Waals surface area contributed by atoms with Gasteiger partial charge in [-0.05, 0) is 150 Å². The van der Waals surface area contributed by atoms with Gasteiger partial charge in [0.05, 0.1) is 65.6 Å². The zero-order valence-electron chi connectivity index (χ0n) is 59.1. The van der Waals surface area contributed by atoms with Crippen molar-refractivity contribution in [3.8, 4) is 58.1 Å². The Balaban J connectivity index is 1.78. The SMILES string of the molecule is CCCC(C#N)(CCCN(C)C(C)c1ccc(OC)c(OC(OC(=O)C(=O)OC(Oc2cc(C(C)N(C)CCCC(C#N)(CCC)c3ccc(OC)c(OC)c3)ccc2OC)C(=O)N(CCO[N+](=O)[O-])CCO[N+](=O)[O-])C(=O)N(CCO[N+](=O)[O-])CCO[N+](=O)[O-])c1)c1ccc(OC)c(OC)c1. The van der Waals surface area contributed by atoms with Gasteiger partial charge in [-0.2, -0.15) is 10.5 Å². The Hall–Kier alpha value is -11.1. The second-order valence-electron chi connectivity index (χ2n) is 23.0. The number of carbonyl (C=O) groups excluding carboxylic acids is 4. The van der Waals surface area contributed by atoms with E-state index in [0.717, 1.165) is 11.1 Å². The highest BCUT2D eigenvalue weighted by Crippen LogP contribution is 2.42. The summed E-state index contributed by atoms with van der Waals surface area (Å²) in [5, 5.41) is 61.7. The van der Waals surface area contributed by atoms with Gasteiger partial charge < -0.3 is 76.5 Å². The van der Waals surface area contributed by atoms with Gasteiger partial charge in [-0.15, -0.1) is 40.5 Å². The molecule has 6 unspecified atom stereocenters. The third kappa shape index (κ3) is 24.1. The van der Waals surface area contributed by atoms with Crippen LogP contribution in [-0.2, 0) is 58.8 Å². The van der Waals surface area contributed by atoms with E-state index in [4.69, 9.17) is 47.4 Å². The van der Waals surface area contributed by atoms with E-state index in [1.165, 1.54) is 66.9 Å². The number of ether oxygens (including phenoxy) is 10. The molecule has 0 bridgehead atoms. The van der Waals surface area contributed by atoms with E-state index in [-0.39, 0.29) is 23.0 Å². The van der Waals surface area contributed by atoms with Gasteiger partial charge in [0.15, 0.2) is 46.0 Å². The Bertz CT molecular complexity index is 3290. The minimum absolute atomic E-state index is 0.102. The third-order valence-corrected chi connectivity index (χ3v) is 16.9. The second-order valence-corrected chi connectivity index (χ2v) is 23.0. The Labute approximate surface area is 588 Å². The molecule has 0 aliphatic heterocycles. The molecule has 0 saturated carbocycles. The predicted molar refractivity (Wildman–Crippen MR) is 356 cm³/mol. The normalized spacial score (nSPS) is 13.3. The summed E-state index contributed by atoms with van der Waals surface area (Å²) in [5.74, 6) is -6.03. The van der Waals surface area contributed by atoms with E-state index in [0.29, 0.717) is 108 Å². The lowest BCUT2D eigenvalue weighted by molar-refractivity contribution is -0.758. The Kier molecular flexibility index (Phi) is 33.8. The molecule has 4 aromatic rings. The van der Waals surface area contributed by atoms with Crippen LogP contribution in [0, 0.1) is 63.1 Å². The van der Waals surface area contributed by atoms with Gasteiger partial charge in [-0.3, -0.25) is 19.4 Å². The monoisotopic (exact) mass is 1440 g/mol. The molecule has 0 N–H and O–H groups in total. The number of amides is 2. The lowest BCUT2D eigenvalue weighted by Crippen LogP contribution is -2.49. The zero-order chi connectivity index (χ0) is 75.7. The summed E-state index contributed by atoms with van der Waals surface area (Å²) in [6.45, 7) is 1.95. The van der Waals surface area contributed by atoms with Gasteiger partial charge in [-0.1, -0.05) is 51.0 Å². The number of methoxy groups -OCH3 is 6. The van der Waals surface area contributed by atoms with Gasteiger partial charge in [0.25, 0.3) is 20.3 Å². The molecule has 36 nitrogen and oxygen atoms in total. The first-order valence-corrected chi connectivity index (χ1v) is 32.1. The van der Waals surface area contributed by atoms with Crippen LogP contribution < -0.4 is 37.9 Å². The number of esters is 2. The Morgan fingerprint density at radius 1 is 0.441 bits per heavy atom. The van der Waals surface area contributed by atoms with Crippen LogP contribution in [0.15, 0.2) is 72.8 Å². The summed E-state index contributed by atoms with van der Waals surface area (Å²) in [6, 6.07) is 23.8. The van der Waals surface area contributed by atoms with Crippen molar-refractivity contribution < 1.29 is 106 Å². The fourth-order valence-corrected chi connectivity index (χ4v) is 11.2. The topological polar surface area (TPSA) is 431 Å². The average Bonchev–Trinajstić information content (AvgIpc) is 0.814. The van der Waals surface area contributed by atoms with Crippen LogP contribution in [0.2, 0.25) is 0 Å². The summed E-state index contributed by atoms with van der Waals surface area (Å²) < 4.78 is 56.2. The van der Waals surface area contributed by atoms with Gasteiger partial charge >= 0.3 is 36.3 Å². The largest absolute Gasteiger partial charge is 0.493 e. The van der Waals surface area contributed by atoms with E-state index >= 15 is 0 Å². The molecule has 6 atom stereocenters. The average molecular weight is 1440 g/mol. The first kappa shape index (κ1) is 83.3. The van der Waals surface area contributed by atoms with Crippen molar-refractivity contribution in [3.63, 3.8) is 0 Å². The summed E-state index contributed by atoms with van der Waals surface area (Å²) in [5.41, 5.74) is 0.668. The Morgan fingerprint density at radius 2 is 0.735 bits per heavy atom. The molecule has 0 heterocycles. The highest BCUT2D eigenvalue weighted by molar-refractivity contribution is 6.30. The maximum atomic E-state index is 14.7. The molecule has 36 heteroatoms. The maximum Gasteiger partial charge on any atom is 0.421 e. The first-order valence-electron chi connectivity index (χ1n) is 32.1. The number of nitrogens with zero attached hydrogens (tertiary/aromatic N) is 10. The first-order chi connectivity index (χ1) is 48.7. The quantitative estimate of drug-likeness (QED) is 0.0136. The molecule has 0 aromatic heterocycles. The van der Waals surface area contributed by atoms with E-state index in [1.807, 2.05) is 63.7 Å². The molecule has 4 aromatic carbocycles. The number of nitriles is 2. The van der Waals surface area contributed by atoms with Crippen molar-refractivity contribution in [2.75, 3.05) is 122 Å². The summed E-state index contributed by atoms with van der Waals surface area (Å²) in [4.78, 5) is 126. The molecule has 0 spiro atoms. The lowest BCUT2D eigenvalue weighted by Gasteiger charge is -2.31. The second kappa shape index (κ2) is 41.4. The van der Waals surface area contributed by atoms with Gasteiger partial charge in [0, 0.05) is 38.3 Å². The molecular formula is C66H88N10O26. The van der Waals surface area contributed by atoms with E-state index in [1.54, 1.807) is 36.4 Å². The number of hydrogen-bond donors (Lipinski definition) is 0. The summed E-state index contributed by atoms with van der Waals surface area (Å²) >= 11 is 0. The van der Waals surface area contributed by atoms with Crippen LogP contribution in [0.5, 0.6) is 46.0 Å². The fraction of sp³-hybridized carbons (Fsp3) is 0.545. The molecule has 102 heavy (non-hydrogen) atoms. The van der Waals surface area contributed by atoms with Crippen molar-refractivity contribution in [2.45, 2.75) is 115 Å². The van der Waals surface area contributed by atoms with Crippen LogP contribution in [0.25, 0.3) is 0 Å². The van der Waals surface area contributed by atoms with E-state index < -0.39 is 132 Å². The number of hydrogen-bond acceptors (Lipinski definition) is 30. The van der Waals surface area contributed by atoms with Gasteiger partial charge in [0.2, 0.25) is 0 Å². The van der Waals surface area contributed by atoms with Crippen LogP contribution >= 0.6 is 0 Å². The highest BCUT2D eigenvalue weighted by atomic mass is 17.0. The van der Waals surface area contributed by atoms with Crippen molar-refractivity contribution in [3.05, 3.63) is 136 Å². The predicted octanol–water partition coefficient (Wildman–Crippen LogP) is 7.49. The lowest BCUT2D eigenvalue weighted by atomic mass is 9.74. The van der Waals surface area contributed by atoms with Gasteiger partial charge in [0.1, 0.15) is 26.4 Å². The fourth-order valence-electron chi connectivity index (χ4n) is 11.2. The highest BCUT2D eigenvalue weighted by Gasteiger charge is 2.40. The zero-order valence-corrected chi connectivity index (χ0v) is 59.1. The summed E-state index contributed by atoms with van der Waals surface area (Å²) in [7, 11) is 12.1. The number of carbonyl (C=O) groups is 4.